The number of rotatable bonds is 10. The number of benzene rings is 1. The quantitative estimate of drug-likeness (QED) is 0.464. The van der Waals surface area contributed by atoms with Crippen molar-refractivity contribution in [1.29, 1.82) is 0 Å². The average molecular weight is 505 g/mol. The third-order valence-electron chi connectivity index (χ3n) is 7.60. The predicted molar refractivity (Wildman–Crippen MR) is 142 cm³/mol. The number of aromatic nitrogens is 2. The van der Waals surface area contributed by atoms with E-state index in [1.165, 1.54) is 29.4 Å². The third-order valence-corrected chi connectivity index (χ3v) is 7.60. The molecule has 2 fully saturated rings. The van der Waals surface area contributed by atoms with Gasteiger partial charge in [-0.25, -0.2) is 9.78 Å². The fourth-order valence-corrected chi connectivity index (χ4v) is 5.28. The fraction of sp³-hybridized carbons (Fsp3) is 0.500. The van der Waals surface area contributed by atoms with Gasteiger partial charge in [0.05, 0.1) is 11.6 Å². The summed E-state index contributed by atoms with van der Waals surface area (Å²) in [5.41, 5.74) is 3.26. The van der Waals surface area contributed by atoms with E-state index in [4.69, 9.17) is 4.74 Å². The van der Waals surface area contributed by atoms with Crippen molar-refractivity contribution in [1.82, 2.24) is 20.2 Å². The summed E-state index contributed by atoms with van der Waals surface area (Å²) in [6.45, 7) is 10.1. The molecule has 2 N–H and O–H groups in total. The molecular formula is C28H36N6O3. The van der Waals surface area contributed by atoms with Crippen LogP contribution in [-0.2, 0) is 16.1 Å². The van der Waals surface area contributed by atoms with Crippen LogP contribution in [0.25, 0.3) is 0 Å². The first-order valence-electron chi connectivity index (χ1n) is 13.3. The number of ether oxygens (including phenoxy) is 1. The third kappa shape index (κ3) is 5.77. The summed E-state index contributed by atoms with van der Waals surface area (Å²) in [5, 5.41) is 6.45. The fourth-order valence-electron chi connectivity index (χ4n) is 5.28. The van der Waals surface area contributed by atoms with Gasteiger partial charge < -0.3 is 15.4 Å². The van der Waals surface area contributed by atoms with Crippen molar-refractivity contribution in [2.24, 2.45) is 5.92 Å². The molecule has 196 valence electrons. The molecule has 0 spiro atoms. The Kier molecular flexibility index (Phi) is 7.41. The zero-order valence-corrected chi connectivity index (χ0v) is 21.7. The highest BCUT2D eigenvalue weighted by molar-refractivity contribution is 5.89. The molecule has 1 saturated heterocycles. The molecule has 3 heterocycles. The Bertz CT molecular complexity index is 1150. The zero-order valence-electron chi connectivity index (χ0n) is 21.7. The molecule has 1 aliphatic carbocycles. The van der Waals surface area contributed by atoms with Gasteiger partial charge in [-0.05, 0) is 49.8 Å². The van der Waals surface area contributed by atoms with E-state index in [1.807, 2.05) is 6.92 Å². The van der Waals surface area contributed by atoms with Crippen molar-refractivity contribution in [3.05, 3.63) is 59.8 Å². The molecule has 2 unspecified atom stereocenters. The van der Waals surface area contributed by atoms with Crippen LogP contribution in [0.3, 0.4) is 0 Å². The van der Waals surface area contributed by atoms with Crippen LogP contribution in [0.1, 0.15) is 68.3 Å². The molecule has 9 heteroatoms. The number of hydrogen-bond donors (Lipinski definition) is 2. The van der Waals surface area contributed by atoms with Gasteiger partial charge in [-0.2, -0.15) is 4.98 Å². The second-order valence-electron chi connectivity index (χ2n) is 10.3. The largest absolute Gasteiger partial charge is 0.444 e. The van der Waals surface area contributed by atoms with Crippen LogP contribution < -0.4 is 15.5 Å². The van der Waals surface area contributed by atoms with E-state index in [1.54, 1.807) is 6.20 Å². The maximum absolute atomic E-state index is 12.1. The highest BCUT2D eigenvalue weighted by Crippen LogP contribution is 2.41. The lowest BCUT2D eigenvalue weighted by Gasteiger charge is -2.29. The highest BCUT2D eigenvalue weighted by Gasteiger charge is 2.34. The summed E-state index contributed by atoms with van der Waals surface area (Å²) >= 11 is 0. The Labute approximate surface area is 218 Å². The molecule has 2 amide bonds. The molecule has 2 aromatic rings. The van der Waals surface area contributed by atoms with Gasteiger partial charge in [0.1, 0.15) is 12.4 Å². The normalized spacial score (nSPS) is 21.1. The van der Waals surface area contributed by atoms with Gasteiger partial charge in [0.25, 0.3) is 0 Å². The Morgan fingerprint density at radius 1 is 1.24 bits per heavy atom. The van der Waals surface area contributed by atoms with Crippen LogP contribution in [0.5, 0.6) is 0 Å². The monoisotopic (exact) mass is 504 g/mol. The molecular weight excluding hydrogens is 468 g/mol. The first kappa shape index (κ1) is 25.2. The number of nitrogens with zero attached hydrogens (tertiary/aromatic N) is 4. The number of nitrogens with one attached hydrogen (secondary N) is 2. The molecule has 0 radical (unpaired) electrons. The number of amides is 2. The van der Waals surface area contributed by atoms with E-state index in [-0.39, 0.29) is 30.7 Å². The number of carbonyl (C=O) groups is 2. The van der Waals surface area contributed by atoms with Gasteiger partial charge in [-0.15, -0.1) is 0 Å². The van der Waals surface area contributed by atoms with Crippen LogP contribution in [0.4, 0.5) is 16.6 Å². The van der Waals surface area contributed by atoms with Crippen LogP contribution in [0.15, 0.2) is 43.1 Å². The number of cyclic esters (lactones) is 1. The van der Waals surface area contributed by atoms with Gasteiger partial charge in [0.15, 0.2) is 0 Å². The second-order valence-corrected chi connectivity index (χ2v) is 10.3. The van der Waals surface area contributed by atoms with E-state index in [0.29, 0.717) is 24.4 Å². The van der Waals surface area contributed by atoms with E-state index < -0.39 is 0 Å². The standard InChI is InChI=1S/C28H36N6O3/c1-4-25(35)31-23-12-13-33(16-23)24(14-19-6-7-19)21-10-8-20(9-11-21)18(3)30-27-29-15-22-17-37-28(36)34(5-2)26(22)32-27/h4,8-11,15,18-19,23-24H,1,5-7,12-14,16-17H2,2-3H3,(H,31,35)(H,29,30,32)/t18-,23?,24?/m0/s1. The smallest absolute Gasteiger partial charge is 0.415 e. The van der Waals surface area contributed by atoms with Crippen molar-refractivity contribution in [3.63, 3.8) is 0 Å². The molecule has 0 bridgehead atoms. The Morgan fingerprint density at radius 2 is 2.00 bits per heavy atom. The number of anilines is 2. The minimum Gasteiger partial charge on any atom is -0.444 e. The zero-order chi connectivity index (χ0) is 25.9. The van der Waals surface area contributed by atoms with Crippen molar-refractivity contribution in [2.75, 3.05) is 29.9 Å². The first-order valence-corrected chi connectivity index (χ1v) is 13.3. The summed E-state index contributed by atoms with van der Waals surface area (Å²) in [6, 6.07) is 9.35. The summed E-state index contributed by atoms with van der Waals surface area (Å²) < 4.78 is 5.18. The summed E-state index contributed by atoms with van der Waals surface area (Å²) in [7, 11) is 0. The number of fused-ring (bicyclic) bond motifs is 1. The van der Waals surface area contributed by atoms with E-state index in [2.05, 4.69) is 63.3 Å². The second kappa shape index (κ2) is 10.9. The molecule has 3 aliphatic rings. The van der Waals surface area contributed by atoms with Gasteiger partial charge in [-0.1, -0.05) is 43.7 Å². The summed E-state index contributed by atoms with van der Waals surface area (Å²) in [5.74, 6) is 1.80. The maximum Gasteiger partial charge on any atom is 0.415 e. The van der Waals surface area contributed by atoms with E-state index >= 15 is 0 Å². The van der Waals surface area contributed by atoms with Crippen LogP contribution in [0, 0.1) is 5.92 Å². The van der Waals surface area contributed by atoms with Gasteiger partial charge >= 0.3 is 6.09 Å². The summed E-state index contributed by atoms with van der Waals surface area (Å²) in [4.78, 5) is 36.9. The lowest BCUT2D eigenvalue weighted by Crippen LogP contribution is -2.37. The van der Waals surface area contributed by atoms with Crippen molar-refractivity contribution < 1.29 is 14.3 Å². The maximum atomic E-state index is 12.1. The Morgan fingerprint density at radius 3 is 2.70 bits per heavy atom. The lowest BCUT2D eigenvalue weighted by molar-refractivity contribution is -0.117. The molecule has 5 rings (SSSR count). The molecule has 9 nitrogen and oxygen atoms in total. The van der Waals surface area contributed by atoms with Crippen molar-refractivity contribution >= 4 is 23.8 Å². The van der Waals surface area contributed by atoms with E-state index in [9.17, 15) is 9.59 Å². The SMILES string of the molecule is C=CC(=O)NC1CCN(C(CC2CC2)c2ccc([C@H](C)Nc3ncc4c(n3)N(CC)C(=O)OC4)cc2)C1. The minimum absolute atomic E-state index is 0.00937. The molecule has 1 saturated carbocycles. The topological polar surface area (TPSA) is 99.7 Å². The number of likely N-dealkylation sites (tertiary alicyclic amines) is 1. The molecule has 2 aliphatic heterocycles. The lowest BCUT2D eigenvalue weighted by atomic mass is 9.97. The van der Waals surface area contributed by atoms with Gasteiger partial charge in [-0.3, -0.25) is 14.6 Å². The average Bonchev–Trinajstić information content (AvgIpc) is 3.63. The molecule has 1 aromatic carbocycles. The number of hydrogen-bond acceptors (Lipinski definition) is 7. The molecule has 1 aromatic heterocycles. The minimum atomic E-state index is -0.378. The highest BCUT2D eigenvalue weighted by atomic mass is 16.6. The van der Waals surface area contributed by atoms with Gasteiger partial charge in [0.2, 0.25) is 11.9 Å². The predicted octanol–water partition coefficient (Wildman–Crippen LogP) is 4.34. The molecule has 37 heavy (non-hydrogen) atoms. The van der Waals surface area contributed by atoms with Crippen LogP contribution >= 0.6 is 0 Å². The van der Waals surface area contributed by atoms with Crippen LogP contribution in [0.2, 0.25) is 0 Å². The van der Waals surface area contributed by atoms with Gasteiger partial charge in [0, 0.05) is 37.9 Å². The first-order chi connectivity index (χ1) is 17.9. The number of carbonyl (C=O) groups excluding carboxylic acids is 2. The van der Waals surface area contributed by atoms with Crippen molar-refractivity contribution in [3.8, 4) is 0 Å². The van der Waals surface area contributed by atoms with E-state index in [0.717, 1.165) is 43.0 Å². The Hall–Kier alpha value is -3.46. The van der Waals surface area contributed by atoms with Crippen molar-refractivity contribution in [2.45, 2.75) is 64.3 Å². The summed E-state index contributed by atoms with van der Waals surface area (Å²) in [6.07, 6.45) is 7.45. The van der Waals surface area contributed by atoms with Crippen LogP contribution in [-0.4, -0.2) is 52.5 Å². The Balaban J connectivity index is 1.26. The molecule has 3 atom stereocenters.